The van der Waals surface area contributed by atoms with E-state index in [1.807, 2.05) is 0 Å². The summed E-state index contributed by atoms with van der Waals surface area (Å²) < 4.78 is 0. The Morgan fingerprint density at radius 1 is 1.56 bits per heavy atom. The summed E-state index contributed by atoms with van der Waals surface area (Å²) >= 11 is 0. The van der Waals surface area contributed by atoms with Crippen molar-refractivity contribution in [3.05, 3.63) is 17.5 Å². The molecule has 1 heterocycles. The monoisotopic (exact) mass is 255 g/mol. The topological polar surface area (TPSA) is 157 Å². The van der Waals surface area contributed by atoms with Gasteiger partial charge in [-0.05, 0) is 13.0 Å². The van der Waals surface area contributed by atoms with E-state index in [-0.39, 0.29) is 17.6 Å². The summed E-state index contributed by atoms with van der Waals surface area (Å²) in [5.41, 5.74) is 11.0. The molecular weight excluding hydrogens is 238 g/mol. The van der Waals surface area contributed by atoms with Crippen molar-refractivity contribution in [3.8, 4) is 0 Å². The highest BCUT2D eigenvalue weighted by Crippen LogP contribution is 1.95. The van der Waals surface area contributed by atoms with Gasteiger partial charge in [0, 0.05) is 19.8 Å². The first-order valence-electron chi connectivity index (χ1n) is 4.84. The summed E-state index contributed by atoms with van der Waals surface area (Å²) in [6.45, 7) is 1.75. The second-order valence-electron chi connectivity index (χ2n) is 3.49. The number of carbonyl (C=O) groups is 1. The van der Waals surface area contributed by atoms with Gasteiger partial charge in [-0.1, -0.05) is 0 Å². The molecule has 0 fully saturated rings. The zero-order chi connectivity index (χ0) is 14.3. The van der Waals surface area contributed by atoms with E-state index in [0.29, 0.717) is 0 Å². The van der Waals surface area contributed by atoms with Crippen LogP contribution in [0.1, 0.15) is 16.2 Å². The van der Waals surface area contributed by atoms with Crippen molar-refractivity contribution in [2.45, 2.75) is 6.92 Å². The van der Waals surface area contributed by atoms with E-state index in [2.05, 4.69) is 15.2 Å². The minimum absolute atomic E-state index is 0.0625. The molecule has 7 N–H and O–H groups in total. The minimum Gasteiger partial charge on any atom is -0.476 e. The number of aliphatic imine (C=N–C) groups is 1. The number of nitrogens with one attached hydrogen (secondary N) is 2. The summed E-state index contributed by atoms with van der Waals surface area (Å²) in [6, 6.07) is 1.47. The van der Waals surface area contributed by atoms with Gasteiger partial charge in [-0.3, -0.25) is 10.5 Å². The smallest absolute Gasteiger partial charge is 0.356 e. The van der Waals surface area contributed by atoms with Gasteiger partial charge in [-0.15, -0.1) is 0 Å². The molecule has 0 saturated heterocycles. The number of aromatic amines is 1. The molecule has 0 aromatic carbocycles. The van der Waals surface area contributed by atoms with Gasteiger partial charge >= 0.3 is 5.97 Å². The van der Waals surface area contributed by atoms with Crippen LogP contribution in [-0.2, 0) is 0 Å². The maximum atomic E-state index is 10.1. The molecule has 0 aliphatic heterocycles. The van der Waals surface area contributed by atoms with Crippen molar-refractivity contribution in [3.63, 3.8) is 0 Å². The molecule has 0 amide bonds. The average molecular weight is 255 g/mol. The number of guanidine groups is 2. The summed E-state index contributed by atoms with van der Waals surface area (Å²) in [4.78, 5) is 15.2. The number of rotatable bonds is 1. The Kier molecular flexibility index (Phi) is 5.90. The van der Waals surface area contributed by atoms with Gasteiger partial charge in [-0.2, -0.15) is 10.1 Å². The molecule has 1 aromatic heterocycles. The molecule has 9 nitrogen and oxygen atoms in total. The molecule has 1 rings (SSSR count). The molecule has 0 atom stereocenters. The van der Waals surface area contributed by atoms with Crippen LogP contribution in [-0.4, -0.2) is 52.2 Å². The number of aromatic nitrogens is 2. The van der Waals surface area contributed by atoms with Crippen molar-refractivity contribution in [1.29, 1.82) is 5.41 Å². The zero-order valence-corrected chi connectivity index (χ0v) is 10.4. The fraction of sp³-hybridized carbons (Fsp3) is 0.333. The van der Waals surface area contributed by atoms with E-state index >= 15 is 0 Å². The number of H-pyrrole nitrogens is 1. The van der Waals surface area contributed by atoms with Gasteiger partial charge in [0.25, 0.3) is 0 Å². The summed E-state index contributed by atoms with van der Waals surface area (Å²) in [5, 5.41) is 21.0. The molecule has 0 saturated carbocycles. The van der Waals surface area contributed by atoms with Gasteiger partial charge < -0.3 is 21.5 Å². The fourth-order valence-corrected chi connectivity index (χ4v) is 0.751. The lowest BCUT2D eigenvalue weighted by Crippen LogP contribution is -2.32. The van der Waals surface area contributed by atoms with Gasteiger partial charge in [0.1, 0.15) is 0 Å². The molecular formula is C9H17N7O2. The summed E-state index contributed by atoms with van der Waals surface area (Å²) in [5.74, 6) is -1.04. The average Bonchev–Trinajstić information content (AvgIpc) is 2.64. The number of aromatic carboxylic acids is 1. The largest absolute Gasteiger partial charge is 0.476 e. The lowest BCUT2D eigenvalue weighted by atomic mass is 10.4. The van der Waals surface area contributed by atoms with Crippen LogP contribution in [0.5, 0.6) is 0 Å². The van der Waals surface area contributed by atoms with Crippen LogP contribution >= 0.6 is 0 Å². The first kappa shape index (κ1) is 15.4. The zero-order valence-electron chi connectivity index (χ0n) is 10.4. The quantitative estimate of drug-likeness (QED) is 0.325. The van der Waals surface area contributed by atoms with Crippen LogP contribution in [0.3, 0.4) is 0 Å². The van der Waals surface area contributed by atoms with E-state index in [4.69, 9.17) is 22.0 Å². The first-order chi connectivity index (χ1) is 8.23. The van der Waals surface area contributed by atoms with Crippen molar-refractivity contribution in [1.82, 2.24) is 15.1 Å². The SMILES string of the molecule is CN(C)C(N)=NC(=N)N.Cc1cc(C(=O)O)n[nH]1. The third-order valence-corrected chi connectivity index (χ3v) is 1.62. The van der Waals surface area contributed by atoms with E-state index in [1.165, 1.54) is 6.07 Å². The van der Waals surface area contributed by atoms with Crippen LogP contribution in [0.25, 0.3) is 0 Å². The molecule has 0 aliphatic rings. The van der Waals surface area contributed by atoms with Crippen molar-refractivity contribution in [2.24, 2.45) is 16.5 Å². The van der Waals surface area contributed by atoms with Crippen LogP contribution in [0.2, 0.25) is 0 Å². The van der Waals surface area contributed by atoms with Gasteiger partial charge in [-0.25, -0.2) is 4.79 Å². The maximum absolute atomic E-state index is 10.1. The molecule has 1 aromatic rings. The molecule has 0 radical (unpaired) electrons. The molecule has 9 heteroatoms. The van der Waals surface area contributed by atoms with Crippen LogP contribution in [0, 0.1) is 12.3 Å². The number of carboxylic acid groups (broad SMARTS) is 1. The van der Waals surface area contributed by atoms with E-state index in [1.54, 1.807) is 25.9 Å². The Hall–Kier alpha value is -2.58. The molecule has 100 valence electrons. The predicted octanol–water partition coefficient (Wildman–Crippen LogP) is -0.828. The minimum atomic E-state index is -1.00. The van der Waals surface area contributed by atoms with Crippen molar-refractivity contribution >= 4 is 17.9 Å². The number of carboxylic acids is 1. The molecule has 18 heavy (non-hydrogen) atoms. The summed E-state index contributed by atoms with van der Waals surface area (Å²) in [6.07, 6.45) is 0. The van der Waals surface area contributed by atoms with Gasteiger partial charge in [0.05, 0.1) is 0 Å². The number of hydrogen-bond acceptors (Lipinski definition) is 3. The number of nitrogens with two attached hydrogens (primary N) is 2. The van der Waals surface area contributed by atoms with Gasteiger partial charge in [0.15, 0.2) is 11.7 Å². The van der Waals surface area contributed by atoms with E-state index in [0.717, 1.165) is 5.69 Å². The van der Waals surface area contributed by atoms with Crippen LogP contribution < -0.4 is 11.5 Å². The van der Waals surface area contributed by atoms with E-state index < -0.39 is 5.97 Å². The molecule has 0 spiro atoms. The second kappa shape index (κ2) is 6.89. The lowest BCUT2D eigenvalue weighted by molar-refractivity contribution is 0.0690. The third kappa shape index (κ3) is 6.10. The Bertz CT molecular complexity index is 450. The van der Waals surface area contributed by atoms with Crippen LogP contribution in [0.4, 0.5) is 0 Å². The number of hydrogen-bond donors (Lipinski definition) is 5. The predicted molar refractivity (Wildman–Crippen MR) is 67.5 cm³/mol. The maximum Gasteiger partial charge on any atom is 0.356 e. The molecule has 0 bridgehead atoms. The molecule has 0 aliphatic carbocycles. The Balaban J connectivity index is 0.000000321. The standard InChI is InChI=1S/C5H6N2O2.C4H11N5/c1-3-2-4(5(8)9)7-6-3;1-9(2)4(7)8-3(5)6/h2H,1H3,(H,6,7)(H,8,9);1-2H3,(H5,5,6,7,8). The highest BCUT2D eigenvalue weighted by Gasteiger charge is 2.04. The highest BCUT2D eigenvalue weighted by atomic mass is 16.4. The normalized spacial score (nSPS) is 10.3. The number of nitrogens with zero attached hydrogens (tertiary/aromatic N) is 3. The number of aryl methyl sites for hydroxylation is 1. The lowest BCUT2D eigenvalue weighted by Gasteiger charge is -2.08. The summed E-state index contributed by atoms with van der Waals surface area (Å²) in [7, 11) is 3.45. The highest BCUT2D eigenvalue weighted by molar-refractivity contribution is 5.91. The third-order valence-electron chi connectivity index (χ3n) is 1.62. The van der Waals surface area contributed by atoms with Crippen molar-refractivity contribution < 1.29 is 9.90 Å². The Morgan fingerprint density at radius 3 is 2.28 bits per heavy atom. The fourth-order valence-electron chi connectivity index (χ4n) is 0.751. The molecule has 0 unspecified atom stereocenters. The Labute approximate surface area is 104 Å². The van der Waals surface area contributed by atoms with Crippen LogP contribution in [0.15, 0.2) is 11.1 Å². The first-order valence-corrected chi connectivity index (χ1v) is 4.84. The Morgan fingerprint density at radius 2 is 2.11 bits per heavy atom. The second-order valence-corrected chi connectivity index (χ2v) is 3.49. The van der Waals surface area contributed by atoms with Crippen molar-refractivity contribution in [2.75, 3.05) is 14.1 Å². The van der Waals surface area contributed by atoms with Gasteiger partial charge in [0.2, 0.25) is 5.96 Å². The van der Waals surface area contributed by atoms with E-state index in [9.17, 15) is 4.79 Å².